The summed E-state index contributed by atoms with van der Waals surface area (Å²) in [6.45, 7) is 3.16. The number of pyridine rings is 1. The van der Waals surface area contributed by atoms with Crippen LogP contribution in [0.3, 0.4) is 0 Å². The van der Waals surface area contributed by atoms with Crippen molar-refractivity contribution in [2.24, 2.45) is 0 Å². The van der Waals surface area contributed by atoms with Gasteiger partial charge in [0.25, 0.3) is 11.6 Å². The van der Waals surface area contributed by atoms with Crippen molar-refractivity contribution >= 4 is 27.0 Å². The minimum atomic E-state index is -3.46. The highest BCUT2D eigenvalue weighted by Crippen LogP contribution is 2.26. The zero-order chi connectivity index (χ0) is 21.1. The zero-order valence-corrected chi connectivity index (χ0v) is 17.3. The first-order valence-corrected chi connectivity index (χ1v) is 11.2. The van der Waals surface area contributed by atoms with Crippen molar-refractivity contribution in [2.75, 3.05) is 38.6 Å². The lowest BCUT2D eigenvalue weighted by Crippen LogP contribution is -2.43. The molecule has 0 aliphatic carbocycles. The minimum Gasteiger partial charge on any atom is -0.379 e. The summed E-state index contributed by atoms with van der Waals surface area (Å²) < 4.78 is 36.8. The molecule has 2 aromatic heterocycles. The second-order valence-electron chi connectivity index (χ2n) is 6.95. The Hall–Kier alpha value is -2.82. The van der Waals surface area contributed by atoms with Crippen LogP contribution in [0.4, 0.5) is 0 Å². The third-order valence-electron chi connectivity index (χ3n) is 4.94. The van der Waals surface area contributed by atoms with E-state index in [-0.39, 0.29) is 18.0 Å². The van der Waals surface area contributed by atoms with Crippen LogP contribution in [0.2, 0.25) is 0 Å². The van der Waals surface area contributed by atoms with E-state index in [2.05, 4.69) is 15.5 Å². The molecule has 30 heavy (non-hydrogen) atoms. The first kappa shape index (κ1) is 20.5. The number of amides is 1. The van der Waals surface area contributed by atoms with E-state index in [0.717, 1.165) is 5.56 Å². The third kappa shape index (κ3) is 4.20. The van der Waals surface area contributed by atoms with Gasteiger partial charge < -0.3 is 14.6 Å². The predicted molar refractivity (Wildman–Crippen MR) is 110 cm³/mol. The van der Waals surface area contributed by atoms with Gasteiger partial charge in [-0.1, -0.05) is 35.5 Å². The van der Waals surface area contributed by atoms with Crippen LogP contribution < -0.4 is 5.32 Å². The van der Waals surface area contributed by atoms with Crippen LogP contribution in [-0.2, 0) is 14.8 Å². The van der Waals surface area contributed by atoms with Crippen LogP contribution in [0.1, 0.15) is 16.1 Å². The number of hydrogen-bond donors (Lipinski definition) is 1. The number of benzene rings is 1. The van der Waals surface area contributed by atoms with E-state index in [1.54, 1.807) is 13.0 Å². The zero-order valence-electron chi connectivity index (χ0n) is 16.5. The second kappa shape index (κ2) is 8.50. The predicted octanol–water partition coefficient (Wildman–Crippen LogP) is 1.59. The van der Waals surface area contributed by atoms with E-state index in [0.29, 0.717) is 48.6 Å². The quantitative estimate of drug-likeness (QED) is 0.631. The summed E-state index contributed by atoms with van der Waals surface area (Å²) in [7, 11) is -3.46. The summed E-state index contributed by atoms with van der Waals surface area (Å²) in [4.78, 5) is 17.4. The van der Waals surface area contributed by atoms with Gasteiger partial charge in [-0.2, -0.15) is 4.31 Å². The van der Waals surface area contributed by atoms with E-state index < -0.39 is 15.9 Å². The summed E-state index contributed by atoms with van der Waals surface area (Å²) >= 11 is 0. The van der Waals surface area contributed by atoms with E-state index in [1.807, 2.05) is 30.3 Å². The maximum Gasteiger partial charge on any atom is 0.259 e. The minimum absolute atomic E-state index is 0.00661. The Morgan fingerprint density at radius 2 is 1.93 bits per heavy atom. The summed E-state index contributed by atoms with van der Waals surface area (Å²) in [6.07, 6.45) is 0. The largest absolute Gasteiger partial charge is 0.379 e. The number of sulfonamides is 1. The number of morpholine rings is 1. The normalized spacial score (nSPS) is 15.4. The Morgan fingerprint density at radius 1 is 1.20 bits per heavy atom. The van der Waals surface area contributed by atoms with Gasteiger partial charge in [-0.3, -0.25) is 4.79 Å². The van der Waals surface area contributed by atoms with Crippen LogP contribution in [0.5, 0.6) is 0 Å². The lowest BCUT2D eigenvalue weighted by Gasteiger charge is -2.26. The number of carbonyl (C=O) groups is 1. The number of aromatic nitrogens is 2. The number of hydrogen-bond acceptors (Lipinski definition) is 7. The molecule has 3 aromatic rings. The molecule has 9 nitrogen and oxygen atoms in total. The van der Waals surface area contributed by atoms with E-state index in [4.69, 9.17) is 9.26 Å². The molecule has 0 atom stereocenters. The molecule has 0 spiro atoms. The standard InChI is InChI=1S/C20H22N4O5S/c1-14-18-16(13-17(22-20(18)29-23-14)15-5-3-2-4-6-15)19(25)21-7-12-30(26,27)24-8-10-28-11-9-24/h2-6,13H,7-12H2,1H3,(H,21,25). The molecule has 1 N–H and O–H groups in total. The summed E-state index contributed by atoms with van der Waals surface area (Å²) in [5, 5.41) is 7.15. The van der Waals surface area contributed by atoms with Crippen molar-refractivity contribution < 1.29 is 22.5 Å². The van der Waals surface area contributed by atoms with Crippen molar-refractivity contribution in [2.45, 2.75) is 6.92 Å². The fourth-order valence-electron chi connectivity index (χ4n) is 3.37. The van der Waals surface area contributed by atoms with Crippen molar-refractivity contribution in [3.8, 4) is 11.3 Å². The molecule has 0 radical (unpaired) electrons. The molecule has 4 rings (SSSR count). The highest BCUT2D eigenvalue weighted by molar-refractivity contribution is 7.89. The van der Waals surface area contributed by atoms with Crippen LogP contribution in [0.25, 0.3) is 22.4 Å². The van der Waals surface area contributed by atoms with E-state index >= 15 is 0 Å². The highest BCUT2D eigenvalue weighted by atomic mass is 32.2. The number of aryl methyl sites for hydroxylation is 1. The molecule has 158 valence electrons. The molecular formula is C20H22N4O5S. The van der Waals surface area contributed by atoms with Crippen molar-refractivity contribution in [1.82, 2.24) is 19.8 Å². The molecule has 0 bridgehead atoms. The molecular weight excluding hydrogens is 408 g/mol. The lowest BCUT2D eigenvalue weighted by atomic mass is 10.1. The Kier molecular flexibility index (Phi) is 5.80. The Morgan fingerprint density at radius 3 is 2.67 bits per heavy atom. The van der Waals surface area contributed by atoms with Crippen LogP contribution in [0, 0.1) is 6.92 Å². The smallest absolute Gasteiger partial charge is 0.259 e. The number of fused-ring (bicyclic) bond motifs is 1. The van der Waals surface area contributed by atoms with Crippen molar-refractivity contribution in [3.05, 3.63) is 47.7 Å². The first-order valence-electron chi connectivity index (χ1n) is 9.62. The summed E-state index contributed by atoms with van der Waals surface area (Å²) in [5.74, 6) is -0.579. The molecule has 1 saturated heterocycles. The van der Waals surface area contributed by atoms with Gasteiger partial charge in [-0.05, 0) is 13.0 Å². The Labute approximate surface area is 174 Å². The molecule has 1 aliphatic heterocycles. The van der Waals surface area contributed by atoms with Gasteiger partial charge in [-0.15, -0.1) is 0 Å². The Bertz CT molecular complexity index is 1150. The van der Waals surface area contributed by atoms with Gasteiger partial charge >= 0.3 is 0 Å². The van der Waals surface area contributed by atoms with E-state index in [9.17, 15) is 13.2 Å². The molecule has 1 aliphatic rings. The molecule has 1 aromatic carbocycles. The van der Waals surface area contributed by atoms with Crippen LogP contribution in [-0.4, -0.2) is 67.4 Å². The van der Waals surface area contributed by atoms with Gasteiger partial charge in [0.15, 0.2) is 0 Å². The molecule has 1 amide bonds. The number of nitrogens with zero attached hydrogens (tertiary/aromatic N) is 3. The number of nitrogens with one attached hydrogen (secondary N) is 1. The molecule has 1 fully saturated rings. The van der Waals surface area contributed by atoms with Crippen LogP contribution in [0.15, 0.2) is 40.9 Å². The number of rotatable bonds is 6. The monoisotopic (exact) mass is 430 g/mol. The van der Waals surface area contributed by atoms with Gasteiger partial charge in [0.1, 0.15) is 0 Å². The van der Waals surface area contributed by atoms with Gasteiger partial charge in [0, 0.05) is 25.2 Å². The van der Waals surface area contributed by atoms with Gasteiger partial charge in [-0.25, -0.2) is 13.4 Å². The first-order chi connectivity index (χ1) is 14.5. The van der Waals surface area contributed by atoms with Crippen molar-refractivity contribution in [3.63, 3.8) is 0 Å². The van der Waals surface area contributed by atoms with Crippen molar-refractivity contribution in [1.29, 1.82) is 0 Å². The highest BCUT2D eigenvalue weighted by Gasteiger charge is 2.25. The van der Waals surface area contributed by atoms with Gasteiger partial charge in [0.2, 0.25) is 10.0 Å². The lowest BCUT2D eigenvalue weighted by molar-refractivity contribution is 0.0730. The molecule has 0 unspecified atom stereocenters. The number of carbonyl (C=O) groups excluding carboxylic acids is 1. The molecule has 0 saturated carbocycles. The van der Waals surface area contributed by atoms with Crippen LogP contribution >= 0.6 is 0 Å². The third-order valence-corrected chi connectivity index (χ3v) is 6.81. The molecule has 10 heteroatoms. The molecule has 3 heterocycles. The summed E-state index contributed by atoms with van der Waals surface area (Å²) in [5.41, 5.74) is 2.56. The average Bonchev–Trinajstić information content (AvgIpc) is 3.15. The SMILES string of the molecule is Cc1noc2nc(-c3ccccc3)cc(C(=O)NCCS(=O)(=O)N3CCOCC3)c12. The Balaban J connectivity index is 1.54. The maximum atomic E-state index is 12.9. The summed E-state index contributed by atoms with van der Waals surface area (Å²) in [6, 6.07) is 11.1. The fraction of sp³-hybridized carbons (Fsp3) is 0.350. The maximum absolute atomic E-state index is 12.9. The van der Waals surface area contributed by atoms with Gasteiger partial charge in [0.05, 0.1) is 41.3 Å². The number of ether oxygens (including phenoxy) is 1. The second-order valence-corrected chi connectivity index (χ2v) is 9.04. The van der Waals surface area contributed by atoms with E-state index in [1.165, 1.54) is 4.31 Å². The average molecular weight is 430 g/mol. The topological polar surface area (TPSA) is 115 Å². The fourth-order valence-corrected chi connectivity index (χ4v) is 4.70.